The maximum Gasteiger partial charge on any atom is 0.244 e. The summed E-state index contributed by atoms with van der Waals surface area (Å²) in [5.41, 5.74) is 1.01. The number of alkyl halides is 1. The number of unbranched alkanes of at least 4 members (excludes halogenated alkanes) is 2. The zero-order valence-corrected chi connectivity index (χ0v) is 21.9. The minimum absolute atomic E-state index is 0.0461. The molecule has 3 aliphatic rings. The summed E-state index contributed by atoms with van der Waals surface area (Å²) >= 11 is 5.44. The van der Waals surface area contributed by atoms with Crippen molar-refractivity contribution in [2.45, 2.75) is 66.4 Å². The third-order valence-electron chi connectivity index (χ3n) is 7.29. The Hall–Kier alpha value is -1.58. The molecule has 1 aromatic rings. The maximum atomic E-state index is 13.8. The molecule has 0 saturated carbocycles. The van der Waals surface area contributed by atoms with Crippen LogP contribution in [0.15, 0.2) is 30.3 Å². The Morgan fingerprint density at radius 3 is 2.65 bits per heavy atom. The van der Waals surface area contributed by atoms with Crippen LogP contribution in [0.25, 0.3) is 0 Å². The molecule has 0 aromatic heterocycles. The van der Waals surface area contributed by atoms with Gasteiger partial charge in [-0.05, 0) is 31.2 Å². The van der Waals surface area contributed by atoms with Gasteiger partial charge >= 0.3 is 0 Å². The number of benzene rings is 1. The molecule has 3 saturated heterocycles. The molecule has 3 amide bonds. The van der Waals surface area contributed by atoms with E-state index in [4.69, 9.17) is 0 Å². The molecule has 0 aliphatic carbocycles. The summed E-state index contributed by atoms with van der Waals surface area (Å²) in [7, 11) is 0. The predicted molar refractivity (Wildman–Crippen MR) is 136 cm³/mol. The fourth-order valence-electron chi connectivity index (χ4n) is 5.75. The number of amides is 3. The zero-order chi connectivity index (χ0) is 24.3. The first-order valence-corrected chi connectivity index (χ1v) is 14.1. The Bertz CT molecular complexity index is 903. The molecular weight excluding hydrogens is 518 g/mol. The summed E-state index contributed by atoms with van der Waals surface area (Å²) in [5, 5.41) is 15.3. The van der Waals surface area contributed by atoms with E-state index in [1.54, 1.807) is 16.7 Å². The minimum atomic E-state index is -0.611. The highest BCUT2D eigenvalue weighted by Crippen LogP contribution is 2.67. The number of halogens is 1. The van der Waals surface area contributed by atoms with Gasteiger partial charge in [-0.1, -0.05) is 59.6 Å². The molecule has 3 heterocycles. The van der Waals surface area contributed by atoms with Crippen molar-refractivity contribution in [2.24, 2.45) is 11.8 Å². The van der Waals surface area contributed by atoms with Gasteiger partial charge in [-0.3, -0.25) is 14.4 Å². The Morgan fingerprint density at radius 1 is 1.18 bits per heavy atom. The van der Waals surface area contributed by atoms with Gasteiger partial charge < -0.3 is 20.6 Å². The van der Waals surface area contributed by atoms with E-state index in [-0.39, 0.29) is 34.4 Å². The van der Waals surface area contributed by atoms with Gasteiger partial charge in [-0.2, -0.15) is 0 Å². The first-order valence-electron chi connectivity index (χ1n) is 12.3. The number of hydrogen-bond acceptors (Lipinski definition) is 5. The Kier molecular flexibility index (Phi) is 8.25. The summed E-state index contributed by atoms with van der Waals surface area (Å²) in [6.07, 6.45) is 3.74. The van der Waals surface area contributed by atoms with Gasteiger partial charge in [-0.25, -0.2) is 0 Å². The standard InChI is InChI=1S/C25H34BrN3O4S/c1-2-3-11-27-23(32)21-25-14-17(26)20(34-25)18(19(25)24(33)29(21)12-7-8-13-30)22(31)28-15-16-9-5-4-6-10-16/h4-6,9-10,17-21,30H,2-3,7-8,11-15H2,1H3,(H,27,32)(H,28,31)/t17?,18-,19-,20-,21?,25?/m0/s1. The smallest absolute Gasteiger partial charge is 0.244 e. The monoisotopic (exact) mass is 551 g/mol. The fourth-order valence-corrected chi connectivity index (χ4v) is 9.37. The lowest BCUT2D eigenvalue weighted by atomic mass is 9.70. The van der Waals surface area contributed by atoms with Crippen LogP contribution in [0.5, 0.6) is 0 Å². The van der Waals surface area contributed by atoms with E-state index in [0.717, 1.165) is 18.4 Å². The number of aliphatic hydroxyl groups excluding tert-OH is 1. The number of rotatable bonds is 11. The highest BCUT2D eigenvalue weighted by atomic mass is 79.9. The van der Waals surface area contributed by atoms with Crippen molar-refractivity contribution >= 4 is 45.4 Å². The van der Waals surface area contributed by atoms with E-state index in [2.05, 4.69) is 33.5 Å². The predicted octanol–water partition coefficient (Wildman–Crippen LogP) is 2.46. The molecule has 3 aliphatic heterocycles. The van der Waals surface area contributed by atoms with Crippen molar-refractivity contribution in [3.63, 3.8) is 0 Å². The Morgan fingerprint density at radius 2 is 1.94 bits per heavy atom. The lowest BCUT2D eigenvalue weighted by molar-refractivity contribution is -0.140. The molecular formula is C25H34BrN3O4S. The molecule has 3 N–H and O–H groups in total. The lowest BCUT2D eigenvalue weighted by Crippen LogP contribution is -2.55. The van der Waals surface area contributed by atoms with Crippen LogP contribution in [0.3, 0.4) is 0 Å². The van der Waals surface area contributed by atoms with Gasteiger partial charge in [0.05, 0.1) is 16.6 Å². The largest absolute Gasteiger partial charge is 0.396 e. The summed E-state index contributed by atoms with van der Waals surface area (Å²) in [5.74, 6) is -1.32. The topological polar surface area (TPSA) is 98.7 Å². The average Bonchev–Trinajstić information content (AvgIpc) is 3.42. The van der Waals surface area contributed by atoms with Crippen LogP contribution in [-0.2, 0) is 20.9 Å². The molecule has 2 bridgehead atoms. The second-order valence-electron chi connectivity index (χ2n) is 9.47. The van der Waals surface area contributed by atoms with Crippen molar-refractivity contribution in [1.29, 1.82) is 0 Å². The van der Waals surface area contributed by atoms with Crippen LogP contribution < -0.4 is 10.6 Å². The number of fused-ring (bicyclic) bond motifs is 1. The average molecular weight is 553 g/mol. The SMILES string of the molecule is CCCCNC(=O)C1N(CCCCO)C(=O)[C@@H]2[C@H](C(=O)NCc3ccccc3)[C@H]3SC12CC3Br. The number of thioether (sulfide) groups is 1. The van der Waals surface area contributed by atoms with E-state index in [1.807, 2.05) is 30.3 Å². The van der Waals surface area contributed by atoms with Crippen molar-refractivity contribution < 1.29 is 19.5 Å². The first-order chi connectivity index (χ1) is 16.4. The van der Waals surface area contributed by atoms with Crippen molar-refractivity contribution in [1.82, 2.24) is 15.5 Å². The van der Waals surface area contributed by atoms with Crippen LogP contribution in [0.4, 0.5) is 0 Å². The van der Waals surface area contributed by atoms with Gasteiger partial charge in [0.2, 0.25) is 17.7 Å². The molecule has 7 nitrogen and oxygen atoms in total. The van der Waals surface area contributed by atoms with E-state index >= 15 is 0 Å². The number of carbonyl (C=O) groups excluding carboxylic acids is 3. The summed E-state index contributed by atoms with van der Waals surface area (Å²) in [6.45, 7) is 3.53. The van der Waals surface area contributed by atoms with Crippen LogP contribution in [0, 0.1) is 11.8 Å². The molecule has 1 spiro atoms. The first kappa shape index (κ1) is 25.5. The molecule has 1 aromatic carbocycles. The number of likely N-dealkylation sites (tertiary alicyclic amines) is 1. The molecule has 0 radical (unpaired) electrons. The summed E-state index contributed by atoms with van der Waals surface area (Å²) < 4.78 is -0.611. The van der Waals surface area contributed by atoms with Gasteiger partial charge in [0.1, 0.15) is 6.04 Å². The Balaban J connectivity index is 1.59. The Labute approximate surface area is 213 Å². The number of nitrogens with one attached hydrogen (secondary N) is 2. The fraction of sp³-hybridized carbons (Fsp3) is 0.640. The van der Waals surface area contributed by atoms with Crippen LogP contribution in [-0.4, -0.2) is 68.3 Å². The normalized spacial score (nSPS) is 31.6. The summed E-state index contributed by atoms with van der Waals surface area (Å²) in [6, 6.07) is 9.14. The second-order valence-corrected chi connectivity index (χ2v) is 12.2. The van der Waals surface area contributed by atoms with E-state index in [0.29, 0.717) is 38.9 Å². The number of carbonyl (C=O) groups is 3. The molecule has 3 unspecified atom stereocenters. The number of hydrogen-bond donors (Lipinski definition) is 3. The summed E-state index contributed by atoms with van der Waals surface area (Å²) in [4.78, 5) is 42.4. The third kappa shape index (κ3) is 4.63. The highest BCUT2D eigenvalue weighted by molar-refractivity contribution is 9.09. The number of aliphatic hydroxyl groups is 1. The van der Waals surface area contributed by atoms with Gasteiger partial charge in [0.15, 0.2) is 0 Å². The van der Waals surface area contributed by atoms with Crippen molar-refractivity contribution in [3.8, 4) is 0 Å². The van der Waals surface area contributed by atoms with Crippen LogP contribution in [0.1, 0.15) is 44.6 Å². The van der Waals surface area contributed by atoms with Crippen LogP contribution in [0.2, 0.25) is 0 Å². The third-order valence-corrected chi connectivity index (χ3v) is 10.5. The molecule has 34 heavy (non-hydrogen) atoms. The molecule has 9 heteroatoms. The second kappa shape index (κ2) is 11.0. The molecule has 4 rings (SSSR count). The zero-order valence-electron chi connectivity index (χ0n) is 19.5. The van der Waals surface area contributed by atoms with E-state index in [9.17, 15) is 19.5 Å². The van der Waals surface area contributed by atoms with E-state index in [1.165, 1.54) is 0 Å². The van der Waals surface area contributed by atoms with Crippen molar-refractivity contribution in [2.75, 3.05) is 19.7 Å². The molecule has 3 fully saturated rings. The molecule has 6 atom stereocenters. The van der Waals surface area contributed by atoms with Gasteiger partial charge in [0, 0.05) is 36.3 Å². The highest BCUT2D eigenvalue weighted by Gasteiger charge is 2.75. The van der Waals surface area contributed by atoms with Gasteiger partial charge in [-0.15, -0.1) is 11.8 Å². The van der Waals surface area contributed by atoms with Gasteiger partial charge in [0.25, 0.3) is 0 Å². The van der Waals surface area contributed by atoms with E-state index < -0.39 is 22.6 Å². The minimum Gasteiger partial charge on any atom is -0.396 e. The van der Waals surface area contributed by atoms with Crippen molar-refractivity contribution in [3.05, 3.63) is 35.9 Å². The van der Waals surface area contributed by atoms with Crippen LogP contribution >= 0.6 is 27.7 Å². The number of nitrogens with zero attached hydrogens (tertiary/aromatic N) is 1. The quantitative estimate of drug-likeness (QED) is 0.290. The lowest BCUT2D eigenvalue weighted by Gasteiger charge is -2.35. The molecule has 186 valence electrons. The maximum absolute atomic E-state index is 13.8.